The molecule has 1 rings (SSSR count). The van der Waals surface area contributed by atoms with Crippen molar-refractivity contribution < 1.29 is 0 Å². The van der Waals surface area contributed by atoms with Crippen molar-refractivity contribution >= 4 is 15.9 Å². The van der Waals surface area contributed by atoms with Crippen molar-refractivity contribution in [3.05, 3.63) is 42.3 Å². The van der Waals surface area contributed by atoms with Crippen LogP contribution in [0.2, 0.25) is 0 Å². The lowest BCUT2D eigenvalue weighted by molar-refractivity contribution is 1.42. The number of hydrogen-bond acceptors (Lipinski definition) is 0. The molecule has 0 N–H and O–H groups in total. The van der Waals surface area contributed by atoms with E-state index < -0.39 is 0 Å². The normalized spacial score (nSPS) is 9.56. The van der Waals surface area contributed by atoms with Gasteiger partial charge in [-0.05, 0) is 18.1 Å². The Labute approximate surface area is 64.0 Å². The highest BCUT2D eigenvalue weighted by molar-refractivity contribution is 9.08. The molecule has 0 heterocycles. The van der Waals surface area contributed by atoms with Crippen LogP contribution >= 0.6 is 15.9 Å². The maximum Gasteiger partial charge on any atom is 0.0283 e. The number of hydrogen-bond donors (Lipinski definition) is 0. The van der Waals surface area contributed by atoms with Gasteiger partial charge in [-0.2, -0.15) is 0 Å². The second-order valence-electron chi connectivity index (χ2n) is 1.95. The minimum absolute atomic E-state index is 0.924. The summed E-state index contributed by atoms with van der Waals surface area (Å²) < 4.78 is 0. The summed E-state index contributed by atoms with van der Waals surface area (Å²) in [7, 11) is 0. The third kappa shape index (κ3) is 1.83. The number of halogens is 1. The first-order valence-electron chi connectivity index (χ1n) is 2.80. The summed E-state index contributed by atoms with van der Waals surface area (Å²) in [6, 6.07) is 8.15. The van der Waals surface area contributed by atoms with Crippen LogP contribution in [0.5, 0.6) is 0 Å². The van der Waals surface area contributed by atoms with Crippen molar-refractivity contribution in [2.75, 3.05) is 0 Å². The summed E-state index contributed by atoms with van der Waals surface area (Å²) in [6.45, 7) is 3.78. The van der Waals surface area contributed by atoms with Crippen molar-refractivity contribution in [2.45, 2.75) is 5.33 Å². The average molecular weight is 184 g/mol. The molecule has 0 aliphatic carbocycles. The van der Waals surface area contributed by atoms with Crippen LogP contribution in [0.15, 0.2) is 24.3 Å². The Hall–Kier alpha value is -0.300. The molecule has 1 radical (unpaired) electrons. The molecule has 1 heteroatoms. The zero-order chi connectivity index (χ0) is 6.69. The van der Waals surface area contributed by atoms with Gasteiger partial charge in [0.1, 0.15) is 0 Å². The second-order valence-corrected chi connectivity index (χ2v) is 2.51. The first kappa shape index (κ1) is 6.81. The lowest BCUT2D eigenvalue weighted by atomic mass is 10.2. The van der Waals surface area contributed by atoms with Crippen LogP contribution in [0.25, 0.3) is 0 Å². The van der Waals surface area contributed by atoms with Crippen molar-refractivity contribution in [3.63, 3.8) is 0 Å². The summed E-state index contributed by atoms with van der Waals surface area (Å²) in [5, 5.41) is 0.924. The molecule has 47 valence electrons. The zero-order valence-corrected chi connectivity index (χ0v) is 6.69. The summed E-state index contributed by atoms with van der Waals surface area (Å²) in [6.07, 6.45) is 0. The fourth-order valence-electron chi connectivity index (χ4n) is 0.628. The molecule has 1 aromatic carbocycles. The van der Waals surface area contributed by atoms with Crippen LogP contribution in [0.3, 0.4) is 0 Å². The minimum atomic E-state index is 0.924. The molecule has 0 saturated carbocycles. The van der Waals surface area contributed by atoms with Gasteiger partial charge < -0.3 is 0 Å². The van der Waals surface area contributed by atoms with Gasteiger partial charge in [-0.15, -0.1) is 0 Å². The molecule has 1 aromatic rings. The van der Waals surface area contributed by atoms with Gasteiger partial charge in [-0.1, -0.05) is 40.2 Å². The van der Waals surface area contributed by atoms with E-state index in [-0.39, 0.29) is 0 Å². The highest BCUT2D eigenvalue weighted by Gasteiger charge is 1.85. The summed E-state index contributed by atoms with van der Waals surface area (Å²) in [5.74, 6) is 0. The molecule has 0 bridgehead atoms. The van der Waals surface area contributed by atoms with Crippen LogP contribution in [0, 0.1) is 6.92 Å². The topological polar surface area (TPSA) is 0 Å². The summed E-state index contributed by atoms with van der Waals surface area (Å²) >= 11 is 3.36. The molecular weight excluding hydrogens is 176 g/mol. The van der Waals surface area contributed by atoms with Gasteiger partial charge in [0.15, 0.2) is 0 Å². The molecule has 9 heavy (non-hydrogen) atoms. The van der Waals surface area contributed by atoms with E-state index in [0.717, 1.165) is 10.9 Å². The van der Waals surface area contributed by atoms with E-state index in [9.17, 15) is 0 Å². The Morgan fingerprint density at radius 1 is 1.22 bits per heavy atom. The lowest BCUT2D eigenvalue weighted by Crippen LogP contribution is -1.75. The second kappa shape index (κ2) is 3.02. The van der Waals surface area contributed by atoms with Gasteiger partial charge >= 0.3 is 0 Å². The van der Waals surface area contributed by atoms with E-state index in [0.29, 0.717) is 0 Å². The maximum absolute atomic E-state index is 3.78. The van der Waals surface area contributed by atoms with E-state index in [2.05, 4.69) is 35.0 Å². The van der Waals surface area contributed by atoms with Gasteiger partial charge in [0.05, 0.1) is 0 Å². The highest BCUT2D eigenvalue weighted by atomic mass is 79.9. The molecule has 0 aliphatic rings. The predicted octanol–water partition coefficient (Wildman–Crippen LogP) is 2.76. The van der Waals surface area contributed by atoms with Crippen molar-refractivity contribution in [1.82, 2.24) is 0 Å². The van der Waals surface area contributed by atoms with Crippen LogP contribution in [0.4, 0.5) is 0 Å². The van der Waals surface area contributed by atoms with Crippen molar-refractivity contribution in [1.29, 1.82) is 0 Å². The molecule has 0 amide bonds. The van der Waals surface area contributed by atoms with Gasteiger partial charge in [0.2, 0.25) is 0 Å². The van der Waals surface area contributed by atoms with E-state index in [1.165, 1.54) is 5.56 Å². The molecular formula is C8H8Br. The van der Waals surface area contributed by atoms with Gasteiger partial charge in [0, 0.05) is 5.33 Å². The number of rotatable bonds is 1. The van der Waals surface area contributed by atoms with Crippen LogP contribution in [-0.2, 0) is 5.33 Å². The van der Waals surface area contributed by atoms with E-state index in [1.54, 1.807) is 0 Å². The highest BCUT2D eigenvalue weighted by Crippen LogP contribution is 2.05. The quantitative estimate of drug-likeness (QED) is 0.588. The Balaban J connectivity index is 2.88. The Morgan fingerprint density at radius 3 is 2.22 bits per heavy atom. The predicted molar refractivity (Wildman–Crippen MR) is 43.5 cm³/mol. The molecule has 0 spiro atoms. The third-order valence-electron chi connectivity index (χ3n) is 1.18. The molecule has 0 saturated heterocycles. The first-order valence-corrected chi connectivity index (χ1v) is 3.92. The molecule has 0 nitrogen and oxygen atoms in total. The van der Waals surface area contributed by atoms with Gasteiger partial charge in [0.25, 0.3) is 0 Å². The van der Waals surface area contributed by atoms with Crippen molar-refractivity contribution in [3.8, 4) is 0 Å². The zero-order valence-electron chi connectivity index (χ0n) is 5.10. The maximum atomic E-state index is 3.78. The largest absolute Gasteiger partial charge is 0.0876 e. The van der Waals surface area contributed by atoms with Crippen LogP contribution in [0.1, 0.15) is 11.1 Å². The van der Waals surface area contributed by atoms with Crippen LogP contribution in [-0.4, -0.2) is 0 Å². The van der Waals surface area contributed by atoms with Gasteiger partial charge in [-0.3, -0.25) is 0 Å². The Morgan fingerprint density at radius 2 is 1.78 bits per heavy atom. The monoisotopic (exact) mass is 183 g/mol. The SMILES string of the molecule is [CH2]c1ccc(CBr)cc1. The number of benzene rings is 1. The molecule has 0 aromatic heterocycles. The number of alkyl halides is 1. The standard InChI is InChI=1S/C8H8Br/c1-7-2-4-8(6-9)5-3-7/h2-5H,1,6H2. The molecule has 0 unspecified atom stereocenters. The summed E-state index contributed by atoms with van der Waals surface area (Å²) in [4.78, 5) is 0. The Kier molecular flexibility index (Phi) is 2.29. The first-order chi connectivity index (χ1) is 4.33. The van der Waals surface area contributed by atoms with Crippen molar-refractivity contribution in [2.24, 2.45) is 0 Å². The van der Waals surface area contributed by atoms with E-state index >= 15 is 0 Å². The minimum Gasteiger partial charge on any atom is -0.0876 e. The lowest BCUT2D eigenvalue weighted by Gasteiger charge is -1.93. The third-order valence-corrected chi connectivity index (χ3v) is 1.82. The molecule has 0 atom stereocenters. The van der Waals surface area contributed by atoms with Gasteiger partial charge in [-0.25, -0.2) is 0 Å². The van der Waals surface area contributed by atoms with E-state index in [1.807, 2.05) is 12.1 Å². The molecule has 0 fully saturated rings. The molecule has 0 aliphatic heterocycles. The smallest absolute Gasteiger partial charge is 0.0283 e. The fraction of sp³-hybridized carbons (Fsp3) is 0.125. The van der Waals surface area contributed by atoms with E-state index in [4.69, 9.17) is 0 Å². The average Bonchev–Trinajstić information content (AvgIpc) is 1.90. The summed E-state index contributed by atoms with van der Waals surface area (Å²) in [5.41, 5.74) is 2.36. The Bertz CT molecular complexity index is 176. The fourth-order valence-corrected chi connectivity index (χ4v) is 1.00. The van der Waals surface area contributed by atoms with Crippen LogP contribution < -0.4 is 0 Å².